The number of rotatable bonds is 7. The molecule has 0 aliphatic carbocycles. The summed E-state index contributed by atoms with van der Waals surface area (Å²) in [7, 11) is 0. The maximum atomic E-state index is 12.4. The molecule has 0 saturated carbocycles. The predicted octanol–water partition coefficient (Wildman–Crippen LogP) is 3.40. The lowest BCUT2D eigenvalue weighted by atomic mass is 10.2. The summed E-state index contributed by atoms with van der Waals surface area (Å²) in [5.41, 5.74) is 3.14. The molecule has 1 N–H and O–H groups in total. The van der Waals surface area contributed by atoms with E-state index in [-0.39, 0.29) is 12.3 Å². The van der Waals surface area contributed by atoms with E-state index in [1.54, 1.807) is 24.3 Å². The molecule has 0 unspecified atom stereocenters. The number of benzene rings is 2. The van der Waals surface area contributed by atoms with Gasteiger partial charge in [0.1, 0.15) is 6.07 Å². The number of aryl methyl sites for hydroxylation is 1. The molecule has 1 aliphatic rings. The Labute approximate surface area is 191 Å². The Morgan fingerprint density at radius 3 is 2.66 bits per heavy atom. The van der Waals surface area contributed by atoms with E-state index < -0.39 is 0 Å². The van der Waals surface area contributed by atoms with E-state index >= 15 is 0 Å². The number of morpholine rings is 1. The normalized spacial score (nSPS) is 13.6. The Hall–Kier alpha value is -3.35. The minimum atomic E-state index is -0.144. The van der Waals surface area contributed by atoms with Gasteiger partial charge in [0, 0.05) is 25.3 Å². The summed E-state index contributed by atoms with van der Waals surface area (Å²) >= 11 is 1.49. The minimum Gasteiger partial charge on any atom is -0.378 e. The highest BCUT2D eigenvalue weighted by atomic mass is 32.2. The molecular formula is C23H24N6O2S. The van der Waals surface area contributed by atoms with Crippen LogP contribution in [0.3, 0.4) is 0 Å². The van der Waals surface area contributed by atoms with Crippen molar-refractivity contribution in [1.82, 2.24) is 14.8 Å². The molecule has 4 rings (SSSR count). The lowest BCUT2D eigenvalue weighted by molar-refractivity contribution is -0.115. The lowest BCUT2D eigenvalue weighted by Crippen LogP contribution is -2.37. The number of para-hydroxylation sites is 1. The number of nitrogens with one attached hydrogen (secondary N) is 1. The fourth-order valence-corrected chi connectivity index (χ4v) is 4.27. The monoisotopic (exact) mass is 448 g/mol. The second kappa shape index (κ2) is 10.3. The van der Waals surface area contributed by atoms with Crippen LogP contribution in [0.2, 0.25) is 0 Å². The van der Waals surface area contributed by atoms with E-state index in [0.717, 1.165) is 29.9 Å². The molecule has 9 heteroatoms. The number of aromatic nitrogens is 3. The zero-order valence-electron chi connectivity index (χ0n) is 17.8. The Kier molecular flexibility index (Phi) is 7.04. The van der Waals surface area contributed by atoms with Gasteiger partial charge in [-0.25, -0.2) is 0 Å². The Morgan fingerprint density at radius 1 is 1.16 bits per heavy atom. The van der Waals surface area contributed by atoms with Gasteiger partial charge >= 0.3 is 0 Å². The largest absolute Gasteiger partial charge is 0.378 e. The van der Waals surface area contributed by atoms with Gasteiger partial charge in [-0.3, -0.25) is 9.36 Å². The molecular weight excluding hydrogens is 424 g/mol. The summed E-state index contributed by atoms with van der Waals surface area (Å²) in [6, 6.07) is 17.3. The maximum Gasteiger partial charge on any atom is 0.232 e. The highest BCUT2D eigenvalue weighted by Crippen LogP contribution is 2.28. The third-order valence-electron chi connectivity index (χ3n) is 5.08. The van der Waals surface area contributed by atoms with Crippen LogP contribution in [-0.4, -0.2) is 52.7 Å². The minimum absolute atomic E-state index is 0.144. The molecule has 3 aromatic rings. The molecule has 2 aromatic carbocycles. The maximum absolute atomic E-state index is 12.4. The van der Waals surface area contributed by atoms with Gasteiger partial charge in [-0.2, -0.15) is 5.26 Å². The quantitative estimate of drug-likeness (QED) is 0.553. The standard InChI is InChI=1S/C23H24N6O2S/c1-17-6-8-19(9-7-17)29-22(28-11-13-31-14-12-28)26-27-23(29)32-15-10-21(30)25-20-5-3-2-4-18(20)16-24/h2-9H,10-15H2,1H3,(H,25,30). The van der Waals surface area contributed by atoms with Crippen LogP contribution in [0.25, 0.3) is 5.69 Å². The van der Waals surface area contributed by atoms with Gasteiger partial charge < -0.3 is 15.0 Å². The molecule has 1 aromatic heterocycles. The van der Waals surface area contributed by atoms with Crippen LogP contribution in [0.15, 0.2) is 53.7 Å². The fraction of sp³-hybridized carbons (Fsp3) is 0.304. The van der Waals surface area contributed by atoms with Crippen molar-refractivity contribution in [3.8, 4) is 11.8 Å². The van der Waals surface area contributed by atoms with Gasteiger partial charge in [0.05, 0.1) is 30.2 Å². The Bertz CT molecular complexity index is 1120. The number of hydrogen-bond donors (Lipinski definition) is 1. The average molecular weight is 449 g/mol. The van der Waals surface area contributed by atoms with Gasteiger partial charge in [-0.1, -0.05) is 41.6 Å². The van der Waals surface area contributed by atoms with Gasteiger partial charge in [-0.15, -0.1) is 10.2 Å². The molecule has 32 heavy (non-hydrogen) atoms. The lowest BCUT2D eigenvalue weighted by Gasteiger charge is -2.28. The summed E-state index contributed by atoms with van der Waals surface area (Å²) < 4.78 is 7.52. The molecule has 0 bridgehead atoms. The van der Waals surface area contributed by atoms with Crippen molar-refractivity contribution in [3.63, 3.8) is 0 Å². The zero-order chi connectivity index (χ0) is 22.3. The summed E-state index contributed by atoms with van der Waals surface area (Å²) in [6.45, 7) is 4.89. The van der Waals surface area contributed by atoms with Crippen LogP contribution in [0.1, 0.15) is 17.5 Å². The Balaban J connectivity index is 1.47. The smallest absolute Gasteiger partial charge is 0.232 e. The van der Waals surface area contributed by atoms with Gasteiger partial charge in [0.15, 0.2) is 5.16 Å². The van der Waals surface area contributed by atoms with Gasteiger partial charge in [0.25, 0.3) is 0 Å². The summed E-state index contributed by atoms with van der Waals surface area (Å²) in [4.78, 5) is 14.6. The first kappa shape index (κ1) is 21.9. The molecule has 1 fully saturated rings. The van der Waals surface area contributed by atoms with Crippen molar-refractivity contribution >= 4 is 29.3 Å². The van der Waals surface area contributed by atoms with Crippen molar-refractivity contribution in [2.75, 3.05) is 42.3 Å². The van der Waals surface area contributed by atoms with Crippen molar-refractivity contribution in [2.45, 2.75) is 18.5 Å². The molecule has 1 aliphatic heterocycles. The van der Waals surface area contributed by atoms with Crippen molar-refractivity contribution in [1.29, 1.82) is 5.26 Å². The van der Waals surface area contributed by atoms with E-state index in [4.69, 9.17) is 4.74 Å². The number of hydrogen-bond acceptors (Lipinski definition) is 7. The van der Waals surface area contributed by atoms with Gasteiger partial charge in [-0.05, 0) is 31.2 Å². The number of carbonyl (C=O) groups excluding carboxylic acids is 1. The summed E-state index contributed by atoms with van der Waals surface area (Å²) in [5.74, 6) is 1.18. The van der Waals surface area contributed by atoms with E-state index in [1.165, 1.54) is 17.3 Å². The average Bonchev–Trinajstić information content (AvgIpc) is 3.24. The molecule has 1 amide bonds. The summed E-state index contributed by atoms with van der Waals surface area (Å²) in [5, 5.41) is 21.6. The fourth-order valence-electron chi connectivity index (χ4n) is 3.38. The topological polar surface area (TPSA) is 96.1 Å². The molecule has 8 nitrogen and oxygen atoms in total. The first-order valence-corrected chi connectivity index (χ1v) is 11.4. The first-order chi connectivity index (χ1) is 15.7. The summed E-state index contributed by atoms with van der Waals surface area (Å²) in [6.07, 6.45) is 0.290. The molecule has 0 atom stereocenters. The van der Waals surface area contributed by atoms with Gasteiger partial charge in [0.2, 0.25) is 11.9 Å². The van der Waals surface area contributed by atoms with Crippen LogP contribution in [0, 0.1) is 18.3 Å². The van der Waals surface area contributed by atoms with Crippen LogP contribution < -0.4 is 10.2 Å². The van der Waals surface area contributed by atoms with E-state index in [1.807, 2.05) is 4.57 Å². The SMILES string of the molecule is Cc1ccc(-n2c(SCCC(=O)Nc3ccccc3C#N)nnc2N2CCOCC2)cc1. The van der Waals surface area contributed by atoms with E-state index in [2.05, 4.69) is 57.7 Å². The van der Waals surface area contributed by atoms with Crippen molar-refractivity contribution in [2.24, 2.45) is 0 Å². The number of amides is 1. The predicted molar refractivity (Wildman–Crippen MR) is 124 cm³/mol. The number of carbonyl (C=O) groups is 1. The van der Waals surface area contributed by atoms with E-state index in [0.29, 0.717) is 30.2 Å². The number of thioether (sulfide) groups is 1. The second-order valence-corrected chi connectivity index (χ2v) is 8.42. The van der Waals surface area contributed by atoms with Crippen LogP contribution >= 0.6 is 11.8 Å². The van der Waals surface area contributed by atoms with Crippen molar-refractivity contribution < 1.29 is 9.53 Å². The first-order valence-electron chi connectivity index (χ1n) is 10.4. The van der Waals surface area contributed by atoms with Crippen molar-refractivity contribution in [3.05, 3.63) is 59.7 Å². The number of ether oxygens (including phenoxy) is 1. The number of nitrogens with zero attached hydrogens (tertiary/aromatic N) is 5. The zero-order valence-corrected chi connectivity index (χ0v) is 18.6. The Morgan fingerprint density at radius 2 is 1.91 bits per heavy atom. The van der Waals surface area contributed by atoms with Crippen LogP contribution in [0.4, 0.5) is 11.6 Å². The van der Waals surface area contributed by atoms with Crippen LogP contribution in [0.5, 0.6) is 0 Å². The number of anilines is 2. The molecule has 1 saturated heterocycles. The highest BCUT2D eigenvalue weighted by molar-refractivity contribution is 7.99. The second-order valence-electron chi connectivity index (χ2n) is 7.36. The number of nitriles is 1. The molecule has 2 heterocycles. The third-order valence-corrected chi connectivity index (χ3v) is 6.01. The third kappa shape index (κ3) is 5.10. The van der Waals surface area contributed by atoms with Crippen LogP contribution in [-0.2, 0) is 9.53 Å². The highest BCUT2D eigenvalue weighted by Gasteiger charge is 2.22. The van der Waals surface area contributed by atoms with E-state index in [9.17, 15) is 10.1 Å². The molecule has 0 spiro atoms. The molecule has 0 radical (unpaired) electrons. The molecule has 164 valence electrons.